The third kappa shape index (κ3) is 2.66. The minimum Gasteiger partial charge on any atom is -0.225 e. The van der Waals surface area contributed by atoms with Crippen LogP contribution in [0, 0.1) is 0 Å². The number of hydrogen-bond acceptors (Lipinski definition) is 1. The first-order chi connectivity index (χ1) is 7.42. The van der Waals surface area contributed by atoms with Crippen molar-refractivity contribution >= 4 is 34.8 Å². The summed E-state index contributed by atoms with van der Waals surface area (Å²) in [6, 6.07) is 20.9. The second kappa shape index (κ2) is 5.41. The molecule has 0 aliphatic carbocycles. The fourth-order valence-electron chi connectivity index (χ4n) is 1.40. The van der Waals surface area contributed by atoms with Gasteiger partial charge in [0.05, 0.1) is 0 Å². The van der Waals surface area contributed by atoms with E-state index in [0.29, 0.717) is 0 Å². The Morgan fingerprint density at radius 3 is 1.47 bits per heavy atom. The van der Waals surface area contributed by atoms with Crippen molar-refractivity contribution in [2.24, 2.45) is 0 Å². The van der Waals surface area contributed by atoms with Gasteiger partial charge in [-0.05, 0) is 10.6 Å². The molecule has 15 heavy (non-hydrogen) atoms. The molecule has 0 unspecified atom stereocenters. The average molecular weight is 280 g/mol. The van der Waals surface area contributed by atoms with E-state index >= 15 is 0 Å². The molecule has 0 bridgehead atoms. The van der Waals surface area contributed by atoms with Crippen molar-refractivity contribution in [1.29, 1.82) is 0 Å². The van der Waals surface area contributed by atoms with Crippen LogP contribution in [0.15, 0.2) is 60.7 Å². The fourth-order valence-corrected chi connectivity index (χ4v) is 4.06. The van der Waals surface area contributed by atoms with E-state index in [-0.39, 0.29) is 0 Å². The van der Waals surface area contributed by atoms with Gasteiger partial charge < -0.3 is 0 Å². The van der Waals surface area contributed by atoms with Gasteiger partial charge in [-0.2, -0.15) is 0 Å². The Morgan fingerprint density at radius 2 is 1.13 bits per heavy atom. The van der Waals surface area contributed by atoms with Crippen LogP contribution in [0.5, 0.6) is 0 Å². The molecule has 1 nitrogen and oxygen atoms in total. The van der Waals surface area contributed by atoms with Gasteiger partial charge >= 0.3 is 0 Å². The molecule has 0 saturated carbocycles. The van der Waals surface area contributed by atoms with Crippen LogP contribution in [0.2, 0.25) is 0 Å². The van der Waals surface area contributed by atoms with Crippen molar-refractivity contribution < 1.29 is 0 Å². The molecule has 1 N–H and O–H groups in total. The lowest BCUT2D eigenvalue weighted by Crippen LogP contribution is -2.16. The van der Waals surface area contributed by atoms with E-state index in [9.17, 15) is 0 Å². The van der Waals surface area contributed by atoms with E-state index in [1.165, 1.54) is 10.6 Å². The van der Waals surface area contributed by atoms with E-state index in [1.807, 2.05) is 12.1 Å². The van der Waals surface area contributed by atoms with Gasteiger partial charge in [0.2, 0.25) is 0 Å². The molecule has 3 heteroatoms. The summed E-state index contributed by atoms with van der Waals surface area (Å²) in [6.07, 6.45) is 0. The molecular formula is C12H11BrNP. The molecule has 0 atom stereocenters. The topological polar surface area (TPSA) is 12.0 Å². The summed E-state index contributed by atoms with van der Waals surface area (Å²) in [5, 5.41) is 2.63. The van der Waals surface area contributed by atoms with Crippen molar-refractivity contribution in [3.8, 4) is 0 Å². The van der Waals surface area contributed by atoms with Gasteiger partial charge in [0.15, 0.2) is 0 Å². The van der Waals surface area contributed by atoms with Crippen LogP contribution < -0.4 is 14.7 Å². The van der Waals surface area contributed by atoms with Gasteiger partial charge in [-0.15, -0.1) is 0 Å². The predicted octanol–water partition coefficient (Wildman–Crippen LogP) is 2.93. The predicted molar refractivity (Wildman–Crippen MR) is 71.1 cm³/mol. The van der Waals surface area contributed by atoms with Gasteiger partial charge in [0.1, 0.15) is 0 Å². The Kier molecular flexibility index (Phi) is 3.90. The molecule has 2 aromatic carbocycles. The van der Waals surface area contributed by atoms with Crippen molar-refractivity contribution in [2.75, 3.05) is 0 Å². The first-order valence-corrected chi connectivity index (χ1v) is 6.82. The zero-order valence-corrected chi connectivity index (χ0v) is 10.6. The number of hydrogen-bond donors (Lipinski definition) is 1. The molecule has 0 heterocycles. The van der Waals surface area contributed by atoms with Crippen molar-refractivity contribution in [1.82, 2.24) is 4.11 Å². The van der Waals surface area contributed by atoms with E-state index in [1.54, 1.807) is 0 Å². The quantitative estimate of drug-likeness (QED) is 0.673. The molecule has 0 radical (unpaired) electrons. The van der Waals surface area contributed by atoms with Crippen LogP contribution in [-0.4, -0.2) is 0 Å². The zero-order valence-electron chi connectivity index (χ0n) is 8.10. The monoisotopic (exact) mass is 279 g/mol. The first kappa shape index (κ1) is 10.8. The smallest absolute Gasteiger partial charge is 0.0355 e. The van der Waals surface area contributed by atoms with Crippen molar-refractivity contribution in [3.05, 3.63) is 60.7 Å². The molecule has 2 rings (SSSR count). The Labute approximate surface area is 99.7 Å². The summed E-state index contributed by atoms with van der Waals surface area (Å²) >= 11 is 3.37. The molecule has 76 valence electrons. The summed E-state index contributed by atoms with van der Waals surface area (Å²) in [7, 11) is -0.482. The highest BCUT2D eigenvalue weighted by molar-refractivity contribution is 9.09. The second-order valence-corrected chi connectivity index (χ2v) is 6.03. The van der Waals surface area contributed by atoms with Gasteiger partial charge in [-0.25, -0.2) is 4.11 Å². The normalized spacial score (nSPS) is 10.5. The first-order valence-electron chi connectivity index (χ1n) is 4.68. The standard InChI is InChI=1S/C12H11BrNP/c13-14-15(11-7-3-1-4-8-11)12-9-5-2-6-10-12/h1-10,14H. The third-order valence-corrected chi connectivity index (χ3v) is 4.98. The molecule has 0 saturated heterocycles. The summed E-state index contributed by atoms with van der Waals surface area (Å²) in [4.78, 5) is 0. The molecule has 0 spiro atoms. The van der Waals surface area contributed by atoms with E-state index in [0.717, 1.165) is 0 Å². The minimum absolute atomic E-state index is 0.482. The van der Waals surface area contributed by atoms with Gasteiger partial charge in [-0.1, -0.05) is 60.7 Å². The van der Waals surface area contributed by atoms with E-state index in [2.05, 4.69) is 68.8 Å². The lowest BCUT2D eigenvalue weighted by Gasteiger charge is -2.15. The third-order valence-electron chi connectivity index (χ3n) is 2.11. The van der Waals surface area contributed by atoms with Crippen LogP contribution in [0.3, 0.4) is 0 Å². The maximum Gasteiger partial charge on any atom is 0.0355 e. The van der Waals surface area contributed by atoms with E-state index < -0.39 is 8.07 Å². The molecule has 0 aromatic heterocycles. The Morgan fingerprint density at radius 1 is 0.733 bits per heavy atom. The lowest BCUT2D eigenvalue weighted by molar-refractivity contribution is 1.69. The van der Waals surface area contributed by atoms with Crippen LogP contribution >= 0.6 is 24.2 Å². The van der Waals surface area contributed by atoms with Crippen LogP contribution in [0.1, 0.15) is 0 Å². The highest BCUT2D eigenvalue weighted by Crippen LogP contribution is 2.29. The SMILES string of the molecule is BrNP(c1ccccc1)c1ccccc1. The molecule has 0 amide bonds. The number of rotatable bonds is 3. The molecule has 0 aliphatic heterocycles. The average Bonchev–Trinajstić information content (AvgIpc) is 2.33. The molecule has 2 aromatic rings. The van der Waals surface area contributed by atoms with Crippen LogP contribution in [0.4, 0.5) is 0 Å². The maximum absolute atomic E-state index is 3.37. The van der Waals surface area contributed by atoms with Crippen molar-refractivity contribution in [2.45, 2.75) is 0 Å². The van der Waals surface area contributed by atoms with Crippen LogP contribution in [-0.2, 0) is 0 Å². The van der Waals surface area contributed by atoms with E-state index in [4.69, 9.17) is 0 Å². The van der Waals surface area contributed by atoms with Gasteiger partial charge in [0, 0.05) is 24.2 Å². The summed E-state index contributed by atoms with van der Waals surface area (Å²) in [6.45, 7) is 0. The summed E-state index contributed by atoms with van der Waals surface area (Å²) < 4.78 is 3.21. The zero-order chi connectivity index (χ0) is 10.5. The summed E-state index contributed by atoms with van der Waals surface area (Å²) in [5.74, 6) is 0. The van der Waals surface area contributed by atoms with Crippen molar-refractivity contribution in [3.63, 3.8) is 0 Å². The highest BCUT2D eigenvalue weighted by Gasteiger charge is 2.10. The lowest BCUT2D eigenvalue weighted by atomic mass is 10.4. The highest BCUT2D eigenvalue weighted by atomic mass is 79.9. The van der Waals surface area contributed by atoms with Crippen LogP contribution in [0.25, 0.3) is 0 Å². The Bertz CT molecular complexity index is 365. The molecule has 0 fully saturated rings. The number of nitrogens with one attached hydrogen (secondary N) is 1. The fraction of sp³-hybridized carbons (Fsp3) is 0. The molecular weight excluding hydrogens is 269 g/mol. The maximum atomic E-state index is 3.37. The Balaban J connectivity index is 2.34. The Hall–Kier alpha value is -0.690. The largest absolute Gasteiger partial charge is 0.225 e. The second-order valence-electron chi connectivity index (χ2n) is 3.09. The summed E-state index contributed by atoms with van der Waals surface area (Å²) in [5.41, 5.74) is 0. The number of benzene rings is 2. The van der Waals surface area contributed by atoms with Gasteiger partial charge in [-0.3, -0.25) is 0 Å². The minimum atomic E-state index is -0.482. The van der Waals surface area contributed by atoms with Gasteiger partial charge in [0.25, 0.3) is 0 Å². The molecule has 0 aliphatic rings. The number of halogens is 1.